The zero-order valence-corrected chi connectivity index (χ0v) is 11.2. The normalized spacial score (nSPS) is 36.7. The minimum atomic E-state index is 0.0390. The summed E-state index contributed by atoms with van der Waals surface area (Å²) in [4.78, 5) is 0. The van der Waals surface area contributed by atoms with E-state index in [1.54, 1.807) is 0 Å². The molecule has 3 unspecified atom stereocenters. The lowest BCUT2D eigenvalue weighted by Crippen LogP contribution is -2.54. The van der Waals surface area contributed by atoms with Gasteiger partial charge in [-0.1, -0.05) is 50.1 Å². The van der Waals surface area contributed by atoms with Crippen molar-refractivity contribution in [3.8, 4) is 0 Å². The monoisotopic (exact) mass is 245 g/mol. The maximum atomic E-state index is 6.28. The van der Waals surface area contributed by atoms with E-state index in [4.69, 9.17) is 4.74 Å². The standard InChI is InChI=1S/C16H23NO/c1-13-6-5-9-16(12-13)15(17-10-11-18-16)14-7-3-2-4-8-14/h2-4,7-8,13,15,17H,5-6,9-12H2,1H3. The molecule has 0 amide bonds. The van der Waals surface area contributed by atoms with E-state index in [0.29, 0.717) is 6.04 Å². The van der Waals surface area contributed by atoms with Crippen LogP contribution in [0, 0.1) is 5.92 Å². The highest BCUT2D eigenvalue weighted by molar-refractivity contribution is 5.23. The number of morpholine rings is 1. The van der Waals surface area contributed by atoms with Gasteiger partial charge in [-0.25, -0.2) is 0 Å². The molecule has 3 rings (SSSR count). The van der Waals surface area contributed by atoms with Crippen LogP contribution in [0.25, 0.3) is 0 Å². The van der Waals surface area contributed by atoms with Crippen LogP contribution >= 0.6 is 0 Å². The van der Waals surface area contributed by atoms with E-state index in [2.05, 4.69) is 42.6 Å². The molecule has 1 heterocycles. The van der Waals surface area contributed by atoms with Crippen LogP contribution in [-0.2, 0) is 4.74 Å². The van der Waals surface area contributed by atoms with Gasteiger partial charge in [0.1, 0.15) is 0 Å². The lowest BCUT2D eigenvalue weighted by Gasteiger charge is -2.48. The average molecular weight is 245 g/mol. The van der Waals surface area contributed by atoms with Crippen molar-refractivity contribution in [1.82, 2.24) is 5.32 Å². The van der Waals surface area contributed by atoms with Gasteiger partial charge in [0.2, 0.25) is 0 Å². The maximum absolute atomic E-state index is 6.28. The molecular formula is C16H23NO. The molecule has 0 radical (unpaired) electrons. The third-order valence-corrected chi connectivity index (χ3v) is 4.49. The van der Waals surface area contributed by atoms with Gasteiger partial charge in [0, 0.05) is 6.54 Å². The van der Waals surface area contributed by atoms with Crippen LogP contribution < -0.4 is 5.32 Å². The summed E-state index contributed by atoms with van der Waals surface area (Å²) in [6.45, 7) is 4.19. The molecule has 3 atom stereocenters. The molecule has 1 N–H and O–H groups in total. The van der Waals surface area contributed by atoms with Gasteiger partial charge in [-0.05, 0) is 24.3 Å². The average Bonchev–Trinajstić information content (AvgIpc) is 2.40. The molecular weight excluding hydrogens is 222 g/mol. The molecule has 2 aliphatic rings. The van der Waals surface area contributed by atoms with E-state index in [9.17, 15) is 0 Å². The Labute approximate surface area is 110 Å². The molecule has 0 aromatic heterocycles. The predicted octanol–water partition coefficient (Wildman–Crippen LogP) is 3.30. The zero-order chi connectivity index (χ0) is 12.4. The first kappa shape index (κ1) is 12.2. The topological polar surface area (TPSA) is 21.3 Å². The van der Waals surface area contributed by atoms with Gasteiger partial charge in [0.05, 0.1) is 18.2 Å². The number of hydrogen-bond acceptors (Lipinski definition) is 2. The van der Waals surface area contributed by atoms with Crippen molar-refractivity contribution >= 4 is 0 Å². The van der Waals surface area contributed by atoms with Gasteiger partial charge >= 0.3 is 0 Å². The first-order valence-electron chi connectivity index (χ1n) is 7.22. The van der Waals surface area contributed by atoms with Crippen LogP contribution in [-0.4, -0.2) is 18.8 Å². The molecule has 0 bridgehead atoms. The van der Waals surface area contributed by atoms with Crippen molar-refractivity contribution in [3.05, 3.63) is 35.9 Å². The maximum Gasteiger partial charge on any atom is 0.0879 e. The van der Waals surface area contributed by atoms with Crippen LogP contribution in [0.4, 0.5) is 0 Å². The van der Waals surface area contributed by atoms with Gasteiger partial charge in [0.15, 0.2) is 0 Å². The minimum Gasteiger partial charge on any atom is -0.372 e. The van der Waals surface area contributed by atoms with E-state index in [-0.39, 0.29) is 5.60 Å². The Bertz CT molecular complexity index is 387. The van der Waals surface area contributed by atoms with Crippen molar-refractivity contribution < 1.29 is 4.74 Å². The third-order valence-electron chi connectivity index (χ3n) is 4.49. The second kappa shape index (κ2) is 5.02. The number of ether oxygens (including phenoxy) is 1. The Hall–Kier alpha value is -0.860. The molecule has 1 spiro atoms. The van der Waals surface area contributed by atoms with E-state index >= 15 is 0 Å². The Balaban J connectivity index is 1.90. The number of hydrogen-bond donors (Lipinski definition) is 1. The molecule has 98 valence electrons. The van der Waals surface area contributed by atoms with Crippen LogP contribution in [0.15, 0.2) is 30.3 Å². The molecule has 2 heteroatoms. The zero-order valence-electron chi connectivity index (χ0n) is 11.2. The fourth-order valence-corrected chi connectivity index (χ4v) is 3.73. The molecule has 2 nitrogen and oxygen atoms in total. The highest BCUT2D eigenvalue weighted by Gasteiger charge is 2.45. The van der Waals surface area contributed by atoms with E-state index < -0.39 is 0 Å². The van der Waals surface area contributed by atoms with E-state index in [1.165, 1.54) is 31.2 Å². The number of benzene rings is 1. The quantitative estimate of drug-likeness (QED) is 0.819. The smallest absolute Gasteiger partial charge is 0.0879 e. The summed E-state index contributed by atoms with van der Waals surface area (Å²) in [5, 5.41) is 3.69. The van der Waals surface area contributed by atoms with Crippen LogP contribution in [0.1, 0.15) is 44.2 Å². The first-order chi connectivity index (χ1) is 8.80. The van der Waals surface area contributed by atoms with E-state index in [1.807, 2.05) is 0 Å². The molecule has 1 saturated carbocycles. The van der Waals surface area contributed by atoms with Crippen molar-refractivity contribution in [1.29, 1.82) is 0 Å². The van der Waals surface area contributed by atoms with Crippen molar-refractivity contribution in [2.24, 2.45) is 5.92 Å². The largest absolute Gasteiger partial charge is 0.372 e. The van der Waals surface area contributed by atoms with Gasteiger partial charge in [-0.3, -0.25) is 0 Å². The van der Waals surface area contributed by atoms with Gasteiger partial charge in [-0.2, -0.15) is 0 Å². The van der Waals surface area contributed by atoms with Gasteiger partial charge in [0.25, 0.3) is 0 Å². The van der Waals surface area contributed by atoms with Crippen molar-refractivity contribution in [3.63, 3.8) is 0 Å². The minimum absolute atomic E-state index is 0.0390. The lowest BCUT2D eigenvalue weighted by atomic mass is 9.72. The Kier molecular flexibility index (Phi) is 3.40. The Morgan fingerprint density at radius 2 is 2.11 bits per heavy atom. The fourth-order valence-electron chi connectivity index (χ4n) is 3.73. The third kappa shape index (κ3) is 2.19. The summed E-state index contributed by atoms with van der Waals surface area (Å²) in [5.74, 6) is 0.782. The van der Waals surface area contributed by atoms with Crippen LogP contribution in [0.3, 0.4) is 0 Å². The summed E-state index contributed by atoms with van der Waals surface area (Å²) in [6, 6.07) is 11.2. The van der Waals surface area contributed by atoms with Gasteiger partial charge < -0.3 is 10.1 Å². The lowest BCUT2D eigenvalue weighted by molar-refractivity contribution is -0.128. The Morgan fingerprint density at radius 3 is 2.89 bits per heavy atom. The first-order valence-corrected chi connectivity index (χ1v) is 7.22. The van der Waals surface area contributed by atoms with Crippen molar-refractivity contribution in [2.45, 2.75) is 44.2 Å². The SMILES string of the molecule is CC1CCCC2(C1)OCCNC2c1ccccc1. The highest BCUT2D eigenvalue weighted by Crippen LogP contribution is 2.44. The second-order valence-corrected chi connectivity index (χ2v) is 5.91. The van der Waals surface area contributed by atoms with Crippen LogP contribution in [0.5, 0.6) is 0 Å². The molecule has 18 heavy (non-hydrogen) atoms. The molecule has 1 aliphatic heterocycles. The summed E-state index contributed by atoms with van der Waals surface area (Å²) < 4.78 is 6.28. The second-order valence-electron chi connectivity index (χ2n) is 5.91. The summed E-state index contributed by atoms with van der Waals surface area (Å²) in [6.07, 6.45) is 5.04. The summed E-state index contributed by atoms with van der Waals surface area (Å²) >= 11 is 0. The molecule has 1 aliphatic carbocycles. The summed E-state index contributed by atoms with van der Waals surface area (Å²) in [7, 11) is 0. The molecule has 1 aromatic carbocycles. The van der Waals surface area contributed by atoms with Gasteiger partial charge in [-0.15, -0.1) is 0 Å². The highest BCUT2D eigenvalue weighted by atomic mass is 16.5. The molecule has 1 aromatic rings. The number of rotatable bonds is 1. The Morgan fingerprint density at radius 1 is 1.28 bits per heavy atom. The summed E-state index contributed by atoms with van der Waals surface area (Å²) in [5.41, 5.74) is 1.42. The molecule has 2 fully saturated rings. The number of nitrogens with one attached hydrogen (secondary N) is 1. The van der Waals surface area contributed by atoms with E-state index in [0.717, 1.165) is 19.1 Å². The van der Waals surface area contributed by atoms with Crippen molar-refractivity contribution in [2.75, 3.05) is 13.2 Å². The molecule has 1 saturated heterocycles. The fraction of sp³-hybridized carbons (Fsp3) is 0.625. The predicted molar refractivity (Wildman–Crippen MR) is 73.5 cm³/mol. The van der Waals surface area contributed by atoms with Crippen LogP contribution in [0.2, 0.25) is 0 Å².